The molecule has 0 saturated carbocycles. The molecule has 5 N–H and O–H groups in total. The third-order valence-electron chi connectivity index (χ3n) is 8.60. The number of benzene rings is 3. The van der Waals surface area contributed by atoms with Crippen LogP contribution >= 0.6 is 11.6 Å². The van der Waals surface area contributed by atoms with E-state index in [2.05, 4.69) is 5.32 Å². The van der Waals surface area contributed by atoms with Gasteiger partial charge >= 0.3 is 0 Å². The number of halogens is 1. The highest BCUT2D eigenvalue weighted by Gasteiger charge is 2.61. The summed E-state index contributed by atoms with van der Waals surface area (Å²) in [4.78, 5) is 41.5. The first-order chi connectivity index (χ1) is 22.4. The number of ketones is 2. The van der Waals surface area contributed by atoms with Gasteiger partial charge in [0.05, 0.1) is 27.4 Å². The number of phenolic OH excluding ortho intramolecular Hbond substituents is 2. The molecule has 2 aliphatic rings. The number of aliphatic hydroxyl groups is 2. The number of aliphatic hydroxyl groups excluding tert-OH is 2. The first kappa shape index (κ1) is 33.4. The molecule has 1 aliphatic heterocycles. The minimum Gasteiger partial charge on any atom is -0.508 e. The lowest BCUT2D eigenvalue weighted by Gasteiger charge is -2.38. The van der Waals surface area contributed by atoms with Gasteiger partial charge in [-0.2, -0.15) is 0 Å². The maximum Gasteiger partial charge on any atom is 0.231 e. The van der Waals surface area contributed by atoms with E-state index < -0.39 is 53.2 Å². The molecule has 0 aromatic heterocycles. The third-order valence-corrected chi connectivity index (χ3v) is 8.96. The standard InChI is InChI=1S/C34H34ClNO11/c1-16-10-22(39)28(32(42)34(16)33(43)29-25(45-3)14-26(46-4)30(35)31(29)47-34)20(17-8-9-21(38)24(12-17)44-2)13-27(41)36-15-23(40)18-6-5-7-19(37)11-18/h5-9,11-12,14,16,20,23,37-38,40,42H,10,13,15H2,1-4H3,(H,36,41). The number of Topliss-reactive ketones (excluding diaryl/α,β-unsaturated/α-hetero) is 2. The highest BCUT2D eigenvalue weighted by molar-refractivity contribution is 6.35. The Labute approximate surface area is 275 Å². The topological polar surface area (TPSA) is 181 Å². The molecule has 3 aromatic rings. The van der Waals surface area contributed by atoms with E-state index in [0.717, 1.165) is 0 Å². The average molecular weight is 668 g/mol. The molecule has 4 atom stereocenters. The minimum atomic E-state index is -2.09. The smallest absolute Gasteiger partial charge is 0.231 e. The lowest BCUT2D eigenvalue weighted by molar-refractivity contribution is -0.122. The van der Waals surface area contributed by atoms with Crippen LogP contribution in [0.3, 0.4) is 0 Å². The average Bonchev–Trinajstić information content (AvgIpc) is 3.37. The first-order valence-corrected chi connectivity index (χ1v) is 15.0. The summed E-state index contributed by atoms with van der Waals surface area (Å²) >= 11 is 6.55. The van der Waals surface area contributed by atoms with Gasteiger partial charge in [0.25, 0.3) is 0 Å². The Hall–Kier alpha value is -4.94. The van der Waals surface area contributed by atoms with Gasteiger partial charge in [-0.1, -0.05) is 36.7 Å². The predicted octanol–water partition coefficient (Wildman–Crippen LogP) is 4.54. The van der Waals surface area contributed by atoms with Gasteiger partial charge in [0.2, 0.25) is 17.3 Å². The molecule has 4 unspecified atom stereocenters. The van der Waals surface area contributed by atoms with Crippen LogP contribution in [-0.2, 0) is 9.59 Å². The molecule has 12 nitrogen and oxygen atoms in total. The van der Waals surface area contributed by atoms with Crippen LogP contribution in [-0.4, -0.2) is 71.4 Å². The van der Waals surface area contributed by atoms with Crippen LogP contribution in [0.5, 0.6) is 34.5 Å². The monoisotopic (exact) mass is 667 g/mol. The maximum absolute atomic E-state index is 14.3. The molecule has 248 valence electrons. The quantitative estimate of drug-likeness (QED) is 0.205. The van der Waals surface area contributed by atoms with Crippen LogP contribution in [0.2, 0.25) is 5.02 Å². The summed E-state index contributed by atoms with van der Waals surface area (Å²) in [6.45, 7) is 1.35. The fraction of sp³-hybridized carbons (Fsp3) is 0.324. The van der Waals surface area contributed by atoms with Crippen molar-refractivity contribution in [1.82, 2.24) is 5.32 Å². The second-order valence-electron chi connectivity index (χ2n) is 11.4. The molecule has 1 heterocycles. The van der Waals surface area contributed by atoms with E-state index in [1.807, 2.05) is 0 Å². The van der Waals surface area contributed by atoms with Crippen molar-refractivity contribution in [2.24, 2.45) is 5.92 Å². The summed E-state index contributed by atoms with van der Waals surface area (Å²) in [5, 5.41) is 45.2. The van der Waals surface area contributed by atoms with E-state index in [-0.39, 0.29) is 63.6 Å². The first-order valence-electron chi connectivity index (χ1n) is 14.6. The van der Waals surface area contributed by atoms with Gasteiger partial charge in [-0.25, -0.2) is 0 Å². The SMILES string of the molecule is COc1cc(C(CC(=O)NCC(O)c2cccc(O)c2)C2=C(O)C3(Oc4c(Cl)c(OC)cc(OC)c4C3=O)C(C)CC2=O)ccc1O. The van der Waals surface area contributed by atoms with Gasteiger partial charge in [-0.05, 0) is 35.4 Å². The fourth-order valence-electron chi connectivity index (χ4n) is 6.15. The van der Waals surface area contributed by atoms with E-state index in [0.29, 0.717) is 11.1 Å². The Morgan fingerprint density at radius 3 is 2.36 bits per heavy atom. The molecule has 13 heteroatoms. The molecule has 1 aliphatic carbocycles. The van der Waals surface area contributed by atoms with Crippen LogP contribution in [0.4, 0.5) is 0 Å². The van der Waals surface area contributed by atoms with Crippen molar-refractivity contribution in [2.75, 3.05) is 27.9 Å². The van der Waals surface area contributed by atoms with Gasteiger partial charge in [0, 0.05) is 42.9 Å². The van der Waals surface area contributed by atoms with Crippen LogP contribution in [0.25, 0.3) is 0 Å². The zero-order valence-corrected chi connectivity index (χ0v) is 26.8. The lowest BCUT2D eigenvalue weighted by atomic mass is 9.69. The highest BCUT2D eigenvalue weighted by Crippen LogP contribution is 2.56. The number of hydrogen-bond acceptors (Lipinski definition) is 11. The molecule has 5 rings (SSSR count). The molecule has 1 amide bonds. The second-order valence-corrected chi connectivity index (χ2v) is 11.7. The highest BCUT2D eigenvalue weighted by atomic mass is 35.5. The van der Waals surface area contributed by atoms with Crippen molar-refractivity contribution in [3.05, 3.63) is 81.6 Å². The summed E-state index contributed by atoms with van der Waals surface area (Å²) in [5.74, 6) is -4.60. The Kier molecular flexibility index (Phi) is 9.28. The number of carbonyl (C=O) groups excluding carboxylic acids is 3. The van der Waals surface area contributed by atoms with Crippen LogP contribution in [0.1, 0.15) is 53.3 Å². The molecule has 0 radical (unpaired) electrons. The zero-order chi connectivity index (χ0) is 34.2. The van der Waals surface area contributed by atoms with E-state index in [9.17, 15) is 34.8 Å². The molecule has 0 fully saturated rings. The summed E-state index contributed by atoms with van der Waals surface area (Å²) < 4.78 is 22.3. The van der Waals surface area contributed by atoms with Crippen LogP contribution in [0.15, 0.2) is 59.9 Å². The van der Waals surface area contributed by atoms with Crippen molar-refractivity contribution >= 4 is 29.1 Å². The minimum absolute atomic E-state index is 0.0310. The molecule has 0 saturated heterocycles. The van der Waals surface area contributed by atoms with Crippen LogP contribution in [0, 0.1) is 5.92 Å². The summed E-state index contributed by atoms with van der Waals surface area (Å²) in [6, 6.07) is 11.6. The molecule has 1 spiro atoms. The lowest BCUT2D eigenvalue weighted by Crippen LogP contribution is -2.53. The van der Waals surface area contributed by atoms with Gasteiger partial charge in [0.1, 0.15) is 27.8 Å². The number of nitrogens with one attached hydrogen (secondary N) is 1. The second kappa shape index (κ2) is 13.0. The zero-order valence-electron chi connectivity index (χ0n) is 26.0. The number of ether oxygens (including phenoxy) is 4. The number of methoxy groups -OCH3 is 3. The number of hydrogen-bond donors (Lipinski definition) is 5. The summed E-state index contributed by atoms with van der Waals surface area (Å²) in [6.07, 6.45) is -1.82. The number of rotatable bonds is 10. The summed E-state index contributed by atoms with van der Waals surface area (Å²) in [5.41, 5.74) is -1.69. The van der Waals surface area contributed by atoms with Crippen molar-refractivity contribution in [3.63, 3.8) is 0 Å². The third kappa shape index (κ3) is 5.79. The number of carbonyl (C=O) groups is 3. The van der Waals surface area contributed by atoms with Gasteiger partial charge in [-0.3, -0.25) is 14.4 Å². The Morgan fingerprint density at radius 2 is 1.70 bits per heavy atom. The van der Waals surface area contributed by atoms with E-state index in [1.165, 1.54) is 57.7 Å². The Bertz CT molecular complexity index is 1790. The fourth-order valence-corrected chi connectivity index (χ4v) is 6.42. The number of allylic oxidation sites excluding steroid dienone is 1. The Balaban J connectivity index is 1.58. The van der Waals surface area contributed by atoms with Crippen molar-refractivity contribution in [3.8, 4) is 34.5 Å². The number of phenols is 2. The Morgan fingerprint density at radius 1 is 1.00 bits per heavy atom. The molecule has 47 heavy (non-hydrogen) atoms. The van der Waals surface area contributed by atoms with Gasteiger partial charge in [0.15, 0.2) is 28.8 Å². The molecule has 3 aromatic carbocycles. The largest absolute Gasteiger partial charge is 0.508 e. The van der Waals surface area contributed by atoms with Crippen molar-refractivity contribution in [2.45, 2.75) is 37.4 Å². The number of amides is 1. The van der Waals surface area contributed by atoms with E-state index in [1.54, 1.807) is 19.1 Å². The van der Waals surface area contributed by atoms with Crippen molar-refractivity contribution < 1.29 is 53.8 Å². The molecular formula is C34H34ClNO11. The molecular weight excluding hydrogens is 634 g/mol. The van der Waals surface area contributed by atoms with Gasteiger partial charge < -0.3 is 44.7 Å². The maximum atomic E-state index is 14.3. The number of aromatic hydroxyl groups is 2. The predicted molar refractivity (Wildman–Crippen MR) is 169 cm³/mol. The number of fused-ring (bicyclic) bond motifs is 1. The van der Waals surface area contributed by atoms with Gasteiger partial charge in [-0.15, -0.1) is 0 Å². The van der Waals surface area contributed by atoms with E-state index in [4.69, 9.17) is 30.5 Å². The van der Waals surface area contributed by atoms with Crippen molar-refractivity contribution in [1.29, 1.82) is 0 Å². The van der Waals surface area contributed by atoms with Crippen LogP contribution < -0.4 is 24.3 Å². The summed E-state index contributed by atoms with van der Waals surface area (Å²) in [7, 11) is 4.05. The van der Waals surface area contributed by atoms with E-state index >= 15 is 0 Å². The molecule has 0 bridgehead atoms. The normalized spacial score (nSPS) is 20.0.